The predicted molar refractivity (Wildman–Crippen MR) is 135 cm³/mol. The molecule has 0 atom stereocenters. The van der Waals surface area contributed by atoms with E-state index in [1.54, 1.807) is 5.56 Å². The number of hydrogen-bond donors (Lipinski definition) is 2. The second kappa shape index (κ2) is 9.97. The maximum absolute atomic E-state index is 6.10. The molecular weight excluding hydrogens is 446 g/mol. The molecule has 1 heterocycles. The molecule has 0 radical (unpaired) electrons. The van der Waals surface area contributed by atoms with Crippen molar-refractivity contribution in [3.05, 3.63) is 34.4 Å². The number of rotatable bonds is 5. The van der Waals surface area contributed by atoms with E-state index < -0.39 is 0 Å². The molecule has 0 bridgehead atoms. The van der Waals surface area contributed by atoms with Crippen LogP contribution in [-0.4, -0.2) is 22.7 Å². The van der Waals surface area contributed by atoms with Crippen LogP contribution in [0.2, 0.25) is 0 Å². The third-order valence-corrected chi connectivity index (χ3v) is 8.96. The fourth-order valence-corrected chi connectivity index (χ4v) is 6.97. The second-order valence-corrected chi connectivity index (χ2v) is 11.6. The van der Waals surface area contributed by atoms with Gasteiger partial charge in [-0.05, 0) is 99.8 Å². The first kappa shape index (κ1) is 22.0. The van der Waals surface area contributed by atoms with Crippen LogP contribution in [0.5, 0.6) is 0 Å². The van der Waals surface area contributed by atoms with Crippen molar-refractivity contribution in [1.82, 2.24) is 9.88 Å². The summed E-state index contributed by atoms with van der Waals surface area (Å²) in [5.41, 5.74) is 9.15. The Bertz CT molecular complexity index is 853. The van der Waals surface area contributed by atoms with E-state index >= 15 is 0 Å². The molecule has 5 rings (SSSR count). The highest BCUT2D eigenvalue weighted by molar-refractivity contribution is 9.10. The van der Waals surface area contributed by atoms with Crippen LogP contribution >= 0.6 is 15.9 Å². The summed E-state index contributed by atoms with van der Waals surface area (Å²) in [6.07, 6.45) is 19.8. The van der Waals surface area contributed by atoms with Gasteiger partial charge in [0.05, 0.1) is 0 Å². The number of fused-ring (bicyclic) bond motifs is 1. The van der Waals surface area contributed by atoms with Gasteiger partial charge < -0.3 is 15.6 Å². The van der Waals surface area contributed by atoms with Crippen LogP contribution in [0.3, 0.4) is 0 Å². The molecule has 1 aromatic heterocycles. The lowest BCUT2D eigenvalue weighted by atomic mass is 9.81. The zero-order chi connectivity index (χ0) is 21.2. The lowest BCUT2D eigenvalue weighted by Gasteiger charge is -2.34. The third kappa shape index (κ3) is 5.23. The molecule has 0 unspecified atom stereocenters. The number of hydrogen-bond acceptors (Lipinski definition) is 2. The predicted octanol–water partition coefficient (Wildman–Crippen LogP) is 6.87. The highest BCUT2D eigenvalue weighted by atomic mass is 79.9. The van der Waals surface area contributed by atoms with Gasteiger partial charge >= 0.3 is 0 Å². The van der Waals surface area contributed by atoms with Crippen LogP contribution in [0, 0.1) is 5.92 Å². The van der Waals surface area contributed by atoms with Crippen LogP contribution in [0.4, 0.5) is 0 Å². The largest absolute Gasteiger partial charge is 0.347 e. The topological polar surface area (TPSA) is 43.0 Å². The Labute approximate surface area is 196 Å². The zero-order valence-electron chi connectivity index (χ0n) is 19.0. The summed E-state index contributed by atoms with van der Waals surface area (Å²) in [5, 5.41) is 5.48. The van der Waals surface area contributed by atoms with Crippen LogP contribution in [0.1, 0.15) is 95.0 Å². The number of aromatic nitrogens is 1. The third-order valence-electron chi connectivity index (χ3n) is 8.46. The molecular formula is C27H40BrN3. The summed E-state index contributed by atoms with van der Waals surface area (Å²) < 4.78 is 3.81. The Balaban J connectivity index is 1.27. The molecule has 0 amide bonds. The van der Waals surface area contributed by atoms with Gasteiger partial charge in [0.2, 0.25) is 0 Å². The van der Waals surface area contributed by atoms with Gasteiger partial charge in [-0.15, -0.1) is 0 Å². The molecule has 170 valence electrons. The first-order valence-electron chi connectivity index (χ1n) is 13.0. The minimum Gasteiger partial charge on any atom is -0.347 e. The van der Waals surface area contributed by atoms with E-state index in [9.17, 15) is 0 Å². The van der Waals surface area contributed by atoms with Gasteiger partial charge in [0.25, 0.3) is 0 Å². The van der Waals surface area contributed by atoms with Crippen molar-refractivity contribution >= 4 is 26.8 Å². The first-order chi connectivity index (χ1) is 15.2. The minimum absolute atomic E-state index is 0.444. The number of halogens is 1. The first-order valence-corrected chi connectivity index (χ1v) is 13.7. The van der Waals surface area contributed by atoms with E-state index in [1.165, 1.54) is 105 Å². The molecule has 0 spiro atoms. The Hall–Kier alpha value is -0.840. The summed E-state index contributed by atoms with van der Waals surface area (Å²) in [4.78, 5) is 0. The maximum atomic E-state index is 6.10. The molecule has 4 heteroatoms. The normalized spacial score (nSPS) is 30.6. The van der Waals surface area contributed by atoms with Gasteiger partial charge in [-0.1, -0.05) is 35.2 Å². The lowest BCUT2D eigenvalue weighted by Crippen LogP contribution is -2.43. The van der Waals surface area contributed by atoms with E-state index in [1.807, 2.05) is 0 Å². The molecule has 1 aromatic carbocycles. The van der Waals surface area contributed by atoms with E-state index in [-0.39, 0.29) is 0 Å². The van der Waals surface area contributed by atoms with Crippen LogP contribution in [0.15, 0.2) is 28.9 Å². The van der Waals surface area contributed by atoms with Gasteiger partial charge in [-0.2, -0.15) is 0 Å². The average Bonchev–Trinajstić information content (AvgIpc) is 3.14. The minimum atomic E-state index is 0.444. The number of nitrogens with one attached hydrogen (secondary N) is 1. The molecule has 3 aliphatic carbocycles. The fraction of sp³-hybridized carbons (Fsp3) is 0.704. The van der Waals surface area contributed by atoms with Gasteiger partial charge in [0.1, 0.15) is 0 Å². The smallest absolute Gasteiger partial charge is 0.0484 e. The van der Waals surface area contributed by atoms with Crippen molar-refractivity contribution in [2.75, 3.05) is 0 Å². The molecule has 31 heavy (non-hydrogen) atoms. The average molecular weight is 487 g/mol. The van der Waals surface area contributed by atoms with Crippen molar-refractivity contribution in [2.24, 2.45) is 11.7 Å². The van der Waals surface area contributed by atoms with Gasteiger partial charge in [0, 0.05) is 46.2 Å². The van der Waals surface area contributed by atoms with E-state index in [0.29, 0.717) is 24.0 Å². The van der Waals surface area contributed by atoms with Crippen LogP contribution in [0.25, 0.3) is 10.9 Å². The summed E-state index contributed by atoms with van der Waals surface area (Å²) in [5.74, 6) is 1.58. The Morgan fingerprint density at radius 3 is 2.26 bits per heavy atom. The van der Waals surface area contributed by atoms with Gasteiger partial charge in [0.15, 0.2) is 0 Å². The molecule has 3 N–H and O–H groups in total. The number of benzene rings is 1. The molecule has 3 fully saturated rings. The summed E-state index contributed by atoms with van der Waals surface area (Å²) in [7, 11) is 0. The van der Waals surface area contributed by atoms with Crippen molar-refractivity contribution in [2.45, 2.75) is 114 Å². The van der Waals surface area contributed by atoms with Gasteiger partial charge in [-0.25, -0.2) is 0 Å². The van der Waals surface area contributed by atoms with Crippen molar-refractivity contribution in [3.8, 4) is 0 Å². The number of nitrogens with two attached hydrogens (primary N) is 1. The summed E-state index contributed by atoms with van der Waals surface area (Å²) >= 11 is 3.74. The highest BCUT2D eigenvalue weighted by Gasteiger charge is 2.28. The Morgan fingerprint density at radius 1 is 0.871 bits per heavy atom. The Kier molecular flexibility index (Phi) is 7.07. The van der Waals surface area contributed by atoms with Crippen molar-refractivity contribution in [1.29, 1.82) is 0 Å². The van der Waals surface area contributed by atoms with Crippen molar-refractivity contribution < 1.29 is 0 Å². The molecule has 2 aromatic rings. The zero-order valence-corrected chi connectivity index (χ0v) is 20.6. The molecule has 3 aliphatic rings. The number of nitrogens with zero attached hydrogens (tertiary/aromatic N) is 1. The van der Waals surface area contributed by atoms with Crippen LogP contribution < -0.4 is 11.1 Å². The van der Waals surface area contributed by atoms with E-state index in [2.05, 4.69) is 50.2 Å². The van der Waals surface area contributed by atoms with Gasteiger partial charge in [-0.3, -0.25) is 0 Å². The quantitative estimate of drug-likeness (QED) is 0.484. The molecule has 3 saturated carbocycles. The lowest BCUT2D eigenvalue weighted by molar-refractivity contribution is 0.268. The highest BCUT2D eigenvalue weighted by Crippen LogP contribution is 2.39. The van der Waals surface area contributed by atoms with E-state index in [0.717, 1.165) is 5.92 Å². The fourth-order valence-electron chi connectivity index (χ4n) is 6.61. The molecule has 3 nitrogen and oxygen atoms in total. The van der Waals surface area contributed by atoms with Crippen LogP contribution in [-0.2, 0) is 6.54 Å². The Morgan fingerprint density at radius 2 is 1.55 bits per heavy atom. The monoisotopic (exact) mass is 485 g/mol. The standard InChI is InChI=1S/C27H40BrN3/c28-21-8-15-27-25(16-21)26(18-31(27)17-19-4-2-1-3-5-19)20-6-11-23(12-7-20)30-24-13-9-22(29)10-14-24/h8,15-16,18-20,22-24,30H,1-7,9-14,17,29H2/t20?,22-,23?,24-. The maximum Gasteiger partial charge on any atom is 0.0484 e. The summed E-state index contributed by atoms with van der Waals surface area (Å²) in [6.45, 7) is 1.21. The SMILES string of the molecule is N[C@H]1CC[C@H](NC2CCC(c3cn(CC4CCCCC4)c4ccc(Br)cc34)CC2)CC1. The molecule has 0 saturated heterocycles. The molecule has 0 aliphatic heterocycles. The second-order valence-electron chi connectivity index (χ2n) is 10.7. The van der Waals surface area contributed by atoms with E-state index in [4.69, 9.17) is 5.73 Å². The van der Waals surface area contributed by atoms with Crippen molar-refractivity contribution in [3.63, 3.8) is 0 Å². The summed E-state index contributed by atoms with van der Waals surface area (Å²) in [6, 6.07) is 8.79.